The summed E-state index contributed by atoms with van der Waals surface area (Å²) in [5, 5.41) is 92.4. The SMILES string of the molecule is COc1ccc(C(C)=O)c(O[C@@H]2O[C@H](CO[C@@H]3OC[C@H](O)[C@H](O)[C@@H]3O)[C@@H](O)[C@H](O[C@@H]3O[C@H](CO)[C@@H](O)[C@H](O)[C@H]3O)[C@@H]2O)c1. The number of hydrogen-bond acceptors (Lipinski definition) is 17. The van der Waals surface area contributed by atoms with Crippen LogP contribution in [0.3, 0.4) is 0 Å². The van der Waals surface area contributed by atoms with Crippen molar-refractivity contribution in [2.24, 2.45) is 0 Å². The number of benzene rings is 1. The summed E-state index contributed by atoms with van der Waals surface area (Å²) in [5.74, 6) is -0.175. The maximum atomic E-state index is 12.2. The van der Waals surface area contributed by atoms with E-state index in [1.165, 1.54) is 32.2 Å². The van der Waals surface area contributed by atoms with Gasteiger partial charge in [-0.2, -0.15) is 0 Å². The Morgan fingerprint density at radius 1 is 0.837 bits per heavy atom. The molecule has 0 saturated carbocycles. The number of ether oxygens (including phenoxy) is 7. The van der Waals surface area contributed by atoms with Crippen molar-refractivity contribution in [3.63, 3.8) is 0 Å². The maximum absolute atomic E-state index is 12.2. The average Bonchev–Trinajstić information content (AvgIpc) is 2.99. The largest absolute Gasteiger partial charge is 0.497 e. The van der Waals surface area contributed by atoms with E-state index in [1.807, 2.05) is 0 Å². The monoisotopic (exact) mass is 622 g/mol. The Labute approximate surface area is 245 Å². The van der Waals surface area contributed by atoms with Crippen LogP contribution in [0.2, 0.25) is 0 Å². The maximum Gasteiger partial charge on any atom is 0.229 e. The van der Waals surface area contributed by atoms with Crippen LogP contribution in [0.1, 0.15) is 17.3 Å². The minimum atomic E-state index is -1.88. The van der Waals surface area contributed by atoms with Crippen LogP contribution < -0.4 is 9.47 Å². The normalized spacial score (nSPS) is 41.9. The van der Waals surface area contributed by atoms with E-state index in [1.54, 1.807) is 0 Å². The number of carbonyl (C=O) groups is 1. The van der Waals surface area contributed by atoms with Crippen molar-refractivity contribution >= 4 is 5.78 Å². The number of hydrogen-bond donors (Lipinski definition) is 9. The summed E-state index contributed by atoms with van der Waals surface area (Å²) in [7, 11) is 1.38. The zero-order valence-corrected chi connectivity index (χ0v) is 23.2. The molecule has 17 nitrogen and oxygen atoms in total. The second kappa shape index (κ2) is 14.4. The number of rotatable bonds is 10. The molecule has 3 saturated heterocycles. The van der Waals surface area contributed by atoms with E-state index in [0.717, 1.165) is 0 Å². The van der Waals surface area contributed by atoms with Gasteiger partial charge < -0.3 is 79.1 Å². The summed E-state index contributed by atoms with van der Waals surface area (Å²) >= 11 is 0. The predicted molar refractivity (Wildman–Crippen MR) is 137 cm³/mol. The molecule has 17 heteroatoms. The van der Waals surface area contributed by atoms with Crippen molar-refractivity contribution < 1.29 is 83.9 Å². The topological polar surface area (TPSA) is 264 Å². The molecule has 0 radical (unpaired) electrons. The zero-order valence-electron chi connectivity index (χ0n) is 23.2. The quantitative estimate of drug-likeness (QED) is 0.111. The van der Waals surface area contributed by atoms with E-state index in [-0.39, 0.29) is 17.9 Å². The molecular formula is C26H38O17. The molecule has 3 heterocycles. The smallest absolute Gasteiger partial charge is 0.229 e. The third-order valence-electron chi connectivity index (χ3n) is 7.47. The molecule has 0 bridgehead atoms. The molecule has 0 amide bonds. The van der Waals surface area contributed by atoms with Gasteiger partial charge >= 0.3 is 0 Å². The van der Waals surface area contributed by atoms with Gasteiger partial charge in [0.05, 0.1) is 32.5 Å². The first kappa shape index (κ1) is 33.8. The van der Waals surface area contributed by atoms with Crippen LogP contribution in [0.15, 0.2) is 18.2 Å². The van der Waals surface area contributed by atoms with E-state index >= 15 is 0 Å². The molecule has 244 valence electrons. The van der Waals surface area contributed by atoms with E-state index < -0.39 is 105 Å². The number of aliphatic hydroxyl groups excluding tert-OH is 9. The van der Waals surface area contributed by atoms with Gasteiger partial charge in [0.15, 0.2) is 18.4 Å². The highest BCUT2D eigenvalue weighted by Gasteiger charge is 2.52. The molecule has 9 N–H and O–H groups in total. The number of aliphatic hydroxyl groups is 9. The fraction of sp³-hybridized carbons (Fsp3) is 0.731. The molecule has 0 spiro atoms. The van der Waals surface area contributed by atoms with E-state index in [4.69, 9.17) is 33.2 Å². The summed E-state index contributed by atoms with van der Waals surface area (Å²) in [6.45, 7) is -0.419. The Hall–Kier alpha value is -2.07. The minimum Gasteiger partial charge on any atom is -0.497 e. The summed E-state index contributed by atoms with van der Waals surface area (Å²) in [4.78, 5) is 12.2. The predicted octanol–water partition coefficient (Wildman–Crippen LogP) is -4.64. The molecule has 43 heavy (non-hydrogen) atoms. The van der Waals surface area contributed by atoms with Gasteiger partial charge in [-0.1, -0.05) is 0 Å². The van der Waals surface area contributed by atoms with Crippen LogP contribution in [0.25, 0.3) is 0 Å². The molecule has 3 fully saturated rings. The van der Waals surface area contributed by atoms with Crippen molar-refractivity contribution in [2.45, 2.75) is 92.9 Å². The third-order valence-corrected chi connectivity index (χ3v) is 7.47. The molecule has 0 aromatic heterocycles. The van der Waals surface area contributed by atoms with Gasteiger partial charge in [0.1, 0.15) is 78.6 Å². The first-order valence-electron chi connectivity index (χ1n) is 13.5. The first-order chi connectivity index (χ1) is 20.4. The van der Waals surface area contributed by atoms with Crippen LogP contribution in [0.4, 0.5) is 0 Å². The lowest BCUT2D eigenvalue weighted by Crippen LogP contribution is -2.65. The van der Waals surface area contributed by atoms with Crippen LogP contribution in [-0.2, 0) is 23.7 Å². The van der Waals surface area contributed by atoms with Crippen molar-refractivity contribution in [3.8, 4) is 11.5 Å². The number of ketones is 1. The minimum absolute atomic E-state index is 0.0679. The number of methoxy groups -OCH3 is 1. The Balaban J connectivity index is 1.59. The summed E-state index contributed by atoms with van der Waals surface area (Å²) in [5.41, 5.74) is 0.0909. The second-order valence-electron chi connectivity index (χ2n) is 10.4. The third kappa shape index (κ3) is 7.26. The van der Waals surface area contributed by atoms with Crippen LogP contribution in [0.5, 0.6) is 11.5 Å². The lowest BCUT2D eigenvalue weighted by molar-refractivity contribution is -0.357. The second-order valence-corrected chi connectivity index (χ2v) is 10.4. The summed E-state index contributed by atoms with van der Waals surface area (Å²) in [6, 6.07) is 4.29. The Morgan fingerprint density at radius 3 is 2.16 bits per heavy atom. The van der Waals surface area contributed by atoms with Gasteiger partial charge in [-0.3, -0.25) is 4.79 Å². The standard InChI is InChI=1S/C26H38O17/c1-9(28)11-4-3-10(37-2)5-13(11)40-26-22(36)23(43-25-21(35)19(33)17(31)14(6-27)41-25)18(32)15(42-26)8-39-24-20(34)16(30)12(29)7-38-24/h3-5,12,14-27,29-36H,6-8H2,1-2H3/t12-,14+,15+,16-,17+,18+,19-,20-,21+,22-,23-,24-,25-,26+/m0/s1. The van der Waals surface area contributed by atoms with E-state index in [0.29, 0.717) is 5.75 Å². The molecule has 0 unspecified atom stereocenters. The van der Waals surface area contributed by atoms with Crippen LogP contribution in [0, 0.1) is 0 Å². The molecule has 14 atom stereocenters. The van der Waals surface area contributed by atoms with Gasteiger partial charge in [0.25, 0.3) is 0 Å². The van der Waals surface area contributed by atoms with Crippen LogP contribution in [-0.4, -0.2) is 165 Å². The summed E-state index contributed by atoms with van der Waals surface area (Å²) < 4.78 is 38.5. The average molecular weight is 623 g/mol. The van der Waals surface area contributed by atoms with Crippen molar-refractivity contribution in [3.05, 3.63) is 23.8 Å². The number of carbonyl (C=O) groups excluding carboxylic acids is 1. The molecule has 4 rings (SSSR count). The van der Waals surface area contributed by atoms with Gasteiger partial charge in [-0.05, 0) is 19.1 Å². The summed E-state index contributed by atoms with van der Waals surface area (Å²) in [6.07, 6.45) is -23.0. The Bertz CT molecular complexity index is 1070. The molecule has 1 aromatic carbocycles. The Kier molecular flexibility index (Phi) is 11.3. The van der Waals surface area contributed by atoms with Crippen molar-refractivity contribution in [1.29, 1.82) is 0 Å². The first-order valence-corrected chi connectivity index (χ1v) is 13.5. The van der Waals surface area contributed by atoms with Crippen LogP contribution >= 0.6 is 0 Å². The van der Waals surface area contributed by atoms with E-state index in [9.17, 15) is 50.8 Å². The Morgan fingerprint density at radius 2 is 1.51 bits per heavy atom. The molecule has 3 aliphatic heterocycles. The van der Waals surface area contributed by atoms with Gasteiger partial charge in [-0.15, -0.1) is 0 Å². The van der Waals surface area contributed by atoms with E-state index in [2.05, 4.69) is 0 Å². The number of Topliss-reactive ketones (excluding diaryl/α,β-unsaturated/α-hetero) is 1. The molecule has 3 aliphatic rings. The van der Waals surface area contributed by atoms with Gasteiger partial charge in [0, 0.05) is 6.07 Å². The fourth-order valence-corrected chi connectivity index (χ4v) is 4.89. The van der Waals surface area contributed by atoms with Gasteiger partial charge in [-0.25, -0.2) is 0 Å². The zero-order chi connectivity index (χ0) is 31.6. The lowest BCUT2D eigenvalue weighted by Gasteiger charge is -2.46. The highest BCUT2D eigenvalue weighted by Crippen LogP contribution is 2.33. The lowest BCUT2D eigenvalue weighted by atomic mass is 9.97. The highest BCUT2D eigenvalue weighted by atomic mass is 16.7. The highest BCUT2D eigenvalue weighted by molar-refractivity contribution is 5.97. The molecule has 1 aromatic rings. The molecule has 0 aliphatic carbocycles. The van der Waals surface area contributed by atoms with Crippen molar-refractivity contribution in [1.82, 2.24) is 0 Å². The van der Waals surface area contributed by atoms with Crippen molar-refractivity contribution in [2.75, 3.05) is 26.9 Å². The molecular weight excluding hydrogens is 584 g/mol. The van der Waals surface area contributed by atoms with Gasteiger partial charge in [0.2, 0.25) is 6.29 Å². The fourth-order valence-electron chi connectivity index (χ4n) is 4.89.